The number of amides is 1. The highest BCUT2D eigenvalue weighted by molar-refractivity contribution is 6.22. The van der Waals surface area contributed by atoms with Gasteiger partial charge in [-0.2, -0.15) is 0 Å². The molecule has 0 saturated heterocycles. The summed E-state index contributed by atoms with van der Waals surface area (Å²) in [5.41, 5.74) is 0.545. The minimum absolute atomic E-state index is 0.0126. The Balaban J connectivity index is 2.21. The smallest absolute Gasteiger partial charge is 0.224 e. The lowest BCUT2D eigenvalue weighted by molar-refractivity contribution is -0.116. The van der Waals surface area contributed by atoms with Gasteiger partial charge >= 0.3 is 0 Å². The Kier molecular flexibility index (Phi) is 2.36. The van der Waals surface area contributed by atoms with Gasteiger partial charge in [0.15, 0.2) is 17.3 Å². The number of Topliss-reactive ketones (excluding diaryl/α,β-unsaturated/α-hetero) is 1. The molecule has 1 aliphatic carbocycles. The van der Waals surface area contributed by atoms with Crippen LogP contribution in [0.1, 0.15) is 30.1 Å². The molecule has 5 nitrogen and oxygen atoms in total. The minimum Gasteiger partial charge on any atom is -0.493 e. The van der Waals surface area contributed by atoms with Crippen LogP contribution < -0.4 is 14.4 Å². The van der Waals surface area contributed by atoms with Gasteiger partial charge in [-0.3, -0.25) is 14.5 Å². The van der Waals surface area contributed by atoms with E-state index in [-0.39, 0.29) is 11.7 Å². The molecule has 0 aromatic heterocycles. The number of hydrogen-bond donors (Lipinski definition) is 0. The van der Waals surface area contributed by atoms with E-state index in [4.69, 9.17) is 9.47 Å². The number of fused-ring (bicyclic) bond motifs is 1. The molecule has 1 amide bonds. The van der Waals surface area contributed by atoms with E-state index in [1.807, 2.05) is 0 Å². The molecule has 5 heteroatoms. The number of anilines is 1. The second-order valence-corrected chi connectivity index (χ2v) is 4.94. The Morgan fingerprint density at radius 3 is 2.26 bits per heavy atom. The van der Waals surface area contributed by atoms with Crippen LogP contribution in [0.2, 0.25) is 0 Å². The van der Waals surface area contributed by atoms with Gasteiger partial charge in [0.1, 0.15) is 5.54 Å². The van der Waals surface area contributed by atoms with Crippen LogP contribution in [0.5, 0.6) is 11.5 Å². The first-order valence-electron chi connectivity index (χ1n) is 6.17. The Bertz CT molecular complexity index is 589. The van der Waals surface area contributed by atoms with Crippen molar-refractivity contribution >= 4 is 17.4 Å². The summed E-state index contributed by atoms with van der Waals surface area (Å²) in [6, 6.07) is 3.38. The molecule has 0 radical (unpaired) electrons. The molecule has 1 fully saturated rings. The molecular formula is C14H15NO4. The maximum Gasteiger partial charge on any atom is 0.224 e. The van der Waals surface area contributed by atoms with E-state index in [2.05, 4.69) is 0 Å². The molecule has 0 unspecified atom stereocenters. The summed E-state index contributed by atoms with van der Waals surface area (Å²) in [7, 11) is 3.06. The Morgan fingerprint density at radius 2 is 1.79 bits per heavy atom. The zero-order chi connectivity index (χ0) is 13.8. The predicted octanol–water partition coefficient (Wildman–Crippen LogP) is 1.79. The van der Waals surface area contributed by atoms with Crippen molar-refractivity contribution in [3.05, 3.63) is 17.7 Å². The van der Waals surface area contributed by atoms with Gasteiger partial charge in [-0.05, 0) is 18.9 Å². The average Bonchev–Trinajstić information content (AvgIpc) is 3.13. The Hall–Kier alpha value is -2.04. The average molecular weight is 261 g/mol. The summed E-state index contributed by atoms with van der Waals surface area (Å²) >= 11 is 0. The van der Waals surface area contributed by atoms with Crippen molar-refractivity contribution in [1.82, 2.24) is 0 Å². The number of hydrogen-bond acceptors (Lipinski definition) is 4. The lowest BCUT2D eigenvalue weighted by atomic mass is 10.1. The fourth-order valence-electron chi connectivity index (χ4n) is 2.86. The monoisotopic (exact) mass is 261 g/mol. The first kappa shape index (κ1) is 12.0. The molecule has 2 aliphatic rings. The predicted molar refractivity (Wildman–Crippen MR) is 69.0 cm³/mol. The maximum atomic E-state index is 12.5. The van der Waals surface area contributed by atoms with Crippen LogP contribution in [0, 0.1) is 0 Å². The molecule has 1 heterocycles. The molecule has 100 valence electrons. The third-order valence-corrected chi connectivity index (χ3v) is 3.88. The van der Waals surface area contributed by atoms with Crippen LogP contribution in [0.4, 0.5) is 5.69 Å². The van der Waals surface area contributed by atoms with Crippen LogP contribution in [0.25, 0.3) is 0 Å². The van der Waals surface area contributed by atoms with E-state index < -0.39 is 5.54 Å². The molecule has 1 spiro atoms. The number of benzene rings is 1. The molecule has 1 aromatic carbocycles. The molecule has 1 aromatic rings. The SMILES string of the molecule is COc1cc2c(cc1OC)N(C(C)=O)C1(CC1)C2=O. The maximum absolute atomic E-state index is 12.5. The van der Waals surface area contributed by atoms with Gasteiger partial charge in [0.2, 0.25) is 5.91 Å². The van der Waals surface area contributed by atoms with E-state index in [1.54, 1.807) is 17.0 Å². The van der Waals surface area contributed by atoms with E-state index >= 15 is 0 Å². The topological polar surface area (TPSA) is 55.8 Å². The number of rotatable bonds is 2. The number of carbonyl (C=O) groups is 2. The number of ether oxygens (including phenoxy) is 2. The second-order valence-electron chi connectivity index (χ2n) is 4.94. The zero-order valence-corrected chi connectivity index (χ0v) is 11.1. The summed E-state index contributed by atoms with van der Waals surface area (Å²) in [6.45, 7) is 1.49. The Morgan fingerprint density at radius 1 is 1.21 bits per heavy atom. The van der Waals surface area contributed by atoms with E-state index in [0.717, 1.165) is 12.8 Å². The molecule has 0 atom stereocenters. The van der Waals surface area contributed by atoms with Crippen molar-refractivity contribution in [2.24, 2.45) is 0 Å². The summed E-state index contributed by atoms with van der Waals surface area (Å²) in [4.78, 5) is 25.9. The van der Waals surface area contributed by atoms with E-state index in [0.29, 0.717) is 22.7 Å². The van der Waals surface area contributed by atoms with Crippen molar-refractivity contribution < 1.29 is 19.1 Å². The molecule has 1 saturated carbocycles. The summed E-state index contributed by atoms with van der Waals surface area (Å²) in [6.07, 6.45) is 1.45. The van der Waals surface area contributed by atoms with Crippen molar-refractivity contribution in [1.29, 1.82) is 0 Å². The molecule has 1 aliphatic heterocycles. The van der Waals surface area contributed by atoms with Crippen LogP contribution >= 0.6 is 0 Å². The summed E-state index contributed by atoms with van der Waals surface area (Å²) in [5, 5.41) is 0. The molecule has 3 rings (SSSR count). The fraction of sp³-hybridized carbons (Fsp3) is 0.429. The summed E-state index contributed by atoms with van der Waals surface area (Å²) < 4.78 is 10.5. The van der Waals surface area contributed by atoms with Gasteiger partial charge in [0.25, 0.3) is 0 Å². The highest BCUT2D eigenvalue weighted by Crippen LogP contribution is 2.54. The van der Waals surface area contributed by atoms with Crippen molar-refractivity contribution in [2.75, 3.05) is 19.1 Å². The first-order chi connectivity index (χ1) is 9.05. The lowest BCUT2D eigenvalue weighted by Crippen LogP contribution is -2.40. The van der Waals surface area contributed by atoms with Crippen LogP contribution in [0.3, 0.4) is 0 Å². The second kappa shape index (κ2) is 3.73. The molecular weight excluding hydrogens is 246 g/mol. The number of methoxy groups -OCH3 is 2. The number of nitrogens with zero attached hydrogens (tertiary/aromatic N) is 1. The standard InChI is InChI=1S/C14H15NO4/c1-8(16)15-10-7-12(19-3)11(18-2)6-9(10)13(17)14(15)4-5-14/h6-7H,4-5H2,1-3H3. The largest absolute Gasteiger partial charge is 0.493 e. The van der Waals surface area contributed by atoms with Crippen LogP contribution in [0.15, 0.2) is 12.1 Å². The van der Waals surface area contributed by atoms with Gasteiger partial charge < -0.3 is 9.47 Å². The molecule has 19 heavy (non-hydrogen) atoms. The van der Waals surface area contributed by atoms with Gasteiger partial charge in [-0.15, -0.1) is 0 Å². The van der Waals surface area contributed by atoms with Gasteiger partial charge in [0, 0.05) is 18.6 Å². The highest BCUT2D eigenvalue weighted by atomic mass is 16.5. The number of ketones is 1. The Labute approximate surface area is 111 Å². The van der Waals surface area contributed by atoms with E-state index in [1.165, 1.54) is 21.1 Å². The van der Waals surface area contributed by atoms with Crippen molar-refractivity contribution in [2.45, 2.75) is 25.3 Å². The first-order valence-corrected chi connectivity index (χ1v) is 6.17. The normalized spacial score (nSPS) is 18.5. The third kappa shape index (κ3) is 1.41. The van der Waals surface area contributed by atoms with Crippen LogP contribution in [-0.4, -0.2) is 31.4 Å². The quantitative estimate of drug-likeness (QED) is 0.814. The molecule has 0 N–H and O–H groups in total. The molecule has 0 bridgehead atoms. The highest BCUT2D eigenvalue weighted by Gasteiger charge is 2.61. The van der Waals surface area contributed by atoms with Gasteiger partial charge in [-0.1, -0.05) is 0 Å². The fourth-order valence-corrected chi connectivity index (χ4v) is 2.86. The zero-order valence-electron chi connectivity index (χ0n) is 11.1. The van der Waals surface area contributed by atoms with Crippen LogP contribution in [-0.2, 0) is 4.79 Å². The van der Waals surface area contributed by atoms with Crippen molar-refractivity contribution in [3.63, 3.8) is 0 Å². The third-order valence-electron chi connectivity index (χ3n) is 3.88. The van der Waals surface area contributed by atoms with Gasteiger partial charge in [-0.25, -0.2) is 0 Å². The van der Waals surface area contributed by atoms with Crippen molar-refractivity contribution in [3.8, 4) is 11.5 Å². The lowest BCUT2D eigenvalue weighted by Gasteiger charge is -2.22. The summed E-state index contributed by atoms with van der Waals surface area (Å²) in [5.74, 6) is 0.935. The minimum atomic E-state index is -0.633. The van der Waals surface area contributed by atoms with Gasteiger partial charge in [0.05, 0.1) is 19.9 Å². The number of carbonyl (C=O) groups excluding carboxylic acids is 2. The van der Waals surface area contributed by atoms with E-state index in [9.17, 15) is 9.59 Å².